The van der Waals surface area contributed by atoms with Gasteiger partial charge in [-0.2, -0.15) is 5.26 Å². The zero-order valence-corrected chi connectivity index (χ0v) is 10.9. The Kier molecular flexibility index (Phi) is 4.43. The number of thiocarbonyl (C=S) groups is 1. The van der Waals surface area contributed by atoms with Gasteiger partial charge in [0.25, 0.3) is 0 Å². The summed E-state index contributed by atoms with van der Waals surface area (Å²) >= 11 is 5.18. The van der Waals surface area contributed by atoms with Gasteiger partial charge >= 0.3 is 0 Å². The van der Waals surface area contributed by atoms with Crippen molar-refractivity contribution in [2.24, 2.45) is 0 Å². The van der Waals surface area contributed by atoms with Crippen LogP contribution in [-0.2, 0) is 6.54 Å². The second-order valence-electron chi connectivity index (χ2n) is 3.82. The number of nitriles is 1. The van der Waals surface area contributed by atoms with E-state index in [2.05, 4.69) is 21.7 Å². The molecule has 0 aliphatic carbocycles. The summed E-state index contributed by atoms with van der Waals surface area (Å²) in [4.78, 5) is 4.19. The minimum absolute atomic E-state index is 0.523. The molecule has 0 saturated carbocycles. The van der Waals surface area contributed by atoms with Gasteiger partial charge < -0.3 is 10.6 Å². The van der Waals surface area contributed by atoms with Crippen LogP contribution in [0.25, 0.3) is 0 Å². The molecule has 4 nitrogen and oxygen atoms in total. The van der Waals surface area contributed by atoms with Crippen LogP contribution in [0.5, 0.6) is 0 Å². The van der Waals surface area contributed by atoms with Crippen molar-refractivity contribution in [3.63, 3.8) is 0 Å². The molecular formula is C14H12N4S. The molecule has 0 unspecified atom stereocenters. The monoisotopic (exact) mass is 268 g/mol. The quantitative estimate of drug-likeness (QED) is 0.837. The van der Waals surface area contributed by atoms with Crippen LogP contribution in [0.2, 0.25) is 0 Å². The summed E-state index contributed by atoms with van der Waals surface area (Å²) in [6.45, 7) is 0.572. The van der Waals surface area contributed by atoms with E-state index in [1.54, 1.807) is 18.3 Å². The number of aromatic nitrogens is 1. The molecular weight excluding hydrogens is 256 g/mol. The van der Waals surface area contributed by atoms with E-state index >= 15 is 0 Å². The fraction of sp³-hybridized carbons (Fsp3) is 0.0714. The molecule has 2 N–H and O–H groups in total. The predicted octanol–water partition coefficient (Wildman–Crippen LogP) is 2.44. The number of hydrogen-bond donors (Lipinski definition) is 2. The van der Waals surface area contributed by atoms with Crippen molar-refractivity contribution in [2.75, 3.05) is 5.32 Å². The Hall–Kier alpha value is -2.45. The fourth-order valence-corrected chi connectivity index (χ4v) is 1.67. The number of benzene rings is 1. The van der Waals surface area contributed by atoms with Gasteiger partial charge in [0, 0.05) is 11.9 Å². The van der Waals surface area contributed by atoms with Gasteiger partial charge in [-0.15, -0.1) is 0 Å². The van der Waals surface area contributed by atoms with Crippen molar-refractivity contribution < 1.29 is 0 Å². The van der Waals surface area contributed by atoms with Gasteiger partial charge in [0.05, 0.1) is 23.9 Å². The van der Waals surface area contributed by atoms with E-state index in [-0.39, 0.29) is 0 Å². The summed E-state index contributed by atoms with van der Waals surface area (Å²) in [7, 11) is 0. The van der Waals surface area contributed by atoms with Gasteiger partial charge in [-0.3, -0.25) is 4.98 Å². The standard InChI is InChI=1S/C14H12N4S/c15-9-11-4-6-12(7-5-11)18-14(19)17-10-13-3-1-2-8-16-13/h1-8H,10H2,(H2,17,18,19). The maximum atomic E-state index is 8.71. The first-order valence-corrected chi connectivity index (χ1v) is 6.13. The van der Waals surface area contributed by atoms with Crippen LogP contribution in [0.4, 0.5) is 5.69 Å². The molecule has 94 valence electrons. The minimum atomic E-state index is 0.523. The first kappa shape index (κ1) is 13.0. The van der Waals surface area contributed by atoms with E-state index in [0.29, 0.717) is 17.2 Å². The molecule has 0 fully saturated rings. The number of nitrogens with one attached hydrogen (secondary N) is 2. The summed E-state index contributed by atoms with van der Waals surface area (Å²) in [5, 5.41) is 15.3. The van der Waals surface area contributed by atoms with Crippen LogP contribution in [0.3, 0.4) is 0 Å². The Bertz CT molecular complexity index is 587. The summed E-state index contributed by atoms with van der Waals surface area (Å²) in [5.41, 5.74) is 2.39. The molecule has 0 atom stereocenters. The highest BCUT2D eigenvalue weighted by molar-refractivity contribution is 7.80. The van der Waals surface area contributed by atoms with Gasteiger partial charge in [0.15, 0.2) is 5.11 Å². The maximum absolute atomic E-state index is 8.71. The molecule has 2 rings (SSSR count). The van der Waals surface area contributed by atoms with E-state index in [1.165, 1.54) is 0 Å². The highest BCUT2D eigenvalue weighted by Gasteiger charge is 1.98. The van der Waals surface area contributed by atoms with Gasteiger partial charge in [-0.1, -0.05) is 6.07 Å². The van der Waals surface area contributed by atoms with Crippen LogP contribution in [0, 0.1) is 11.3 Å². The van der Waals surface area contributed by atoms with E-state index in [1.807, 2.05) is 30.3 Å². The average Bonchev–Trinajstić information content (AvgIpc) is 2.47. The first-order chi connectivity index (χ1) is 9.28. The van der Waals surface area contributed by atoms with Crippen LogP contribution in [-0.4, -0.2) is 10.1 Å². The molecule has 0 amide bonds. The molecule has 0 aliphatic heterocycles. The van der Waals surface area contributed by atoms with Crippen LogP contribution in [0.15, 0.2) is 48.7 Å². The van der Waals surface area contributed by atoms with Crippen molar-refractivity contribution in [1.82, 2.24) is 10.3 Å². The number of pyridine rings is 1. The number of rotatable bonds is 3. The van der Waals surface area contributed by atoms with Gasteiger partial charge in [-0.05, 0) is 48.6 Å². The van der Waals surface area contributed by atoms with E-state index < -0.39 is 0 Å². The van der Waals surface area contributed by atoms with Gasteiger partial charge in [-0.25, -0.2) is 0 Å². The number of anilines is 1. The van der Waals surface area contributed by atoms with Gasteiger partial charge in [0.2, 0.25) is 0 Å². The topological polar surface area (TPSA) is 60.7 Å². The Morgan fingerprint density at radius 3 is 2.63 bits per heavy atom. The molecule has 0 radical (unpaired) electrons. The predicted molar refractivity (Wildman–Crippen MR) is 78.5 cm³/mol. The lowest BCUT2D eigenvalue weighted by Gasteiger charge is -2.10. The molecule has 5 heteroatoms. The molecule has 19 heavy (non-hydrogen) atoms. The number of hydrogen-bond acceptors (Lipinski definition) is 3. The van der Waals surface area contributed by atoms with Crippen molar-refractivity contribution in [2.45, 2.75) is 6.54 Å². The zero-order valence-electron chi connectivity index (χ0n) is 10.1. The summed E-state index contributed by atoms with van der Waals surface area (Å²) in [6.07, 6.45) is 1.74. The molecule has 1 aromatic carbocycles. The highest BCUT2D eigenvalue weighted by atomic mass is 32.1. The van der Waals surface area contributed by atoms with E-state index in [0.717, 1.165) is 11.4 Å². The lowest BCUT2D eigenvalue weighted by molar-refractivity contribution is 0.882. The third-order valence-electron chi connectivity index (χ3n) is 2.43. The third kappa shape index (κ3) is 4.05. The smallest absolute Gasteiger partial charge is 0.171 e. The molecule has 0 saturated heterocycles. The largest absolute Gasteiger partial charge is 0.357 e. The maximum Gasteiger partial charge on any atom is 0.171 e. The van der Waals surface area contributed by atoms with Gasteiger partial charge in [0.1, 0.15) is 0 Å². The average molecular weight is 268 g/mol. The van der Waals surface area contributed by atoms with Crippen molar-refractivity contribution in [3.8, 4) is 6.07 Å². The molecule has 1 aromatic heterocycles. The Labute approximate surface area is 117 Å². The Morgan fingerprint density at radius 2 is 2.00 bits per heavy atom. The van der Waals surface area contributed by atoms with E-state index in [4.69, 9.17) is 17.5 Å². The third-order valence-corrected chi connectivity index (χ3v) is 2.67. The molecule has 1 heterocycles. The molecule has 0 spiro atoms. The van der Waals surface area contributed by atoms with Crippen molar-refractivity contribution >= 4 is 23.0 Å². The lowest BCUT2D eigenvalue weighted by Crippen LogP contribution is -2.28. The minimum Gasteiger partial charge on any atom is -0.357 e. The molecule has 2 aromatic rings. The summed E-state index contributed by atoms with van der Waals surface area (Å²) in [5.74, 6) is 0. The van der Waals surface area contributed by atoms with Crippen LogP contribution >= 0.6 is 12.2 Å². The van der Waals surface area contributed by atoms with Crippen molar-refractivity contribution in [1.29, 1.82) is 5.26 Å². The number of nitrogens with zero attached hydrogens (tertiary/aromatic N) is 2. The lowest BCUT2D eigenvalue weighted by atomic mass is 10.2. The molecule has 0 bridgehead atoms. The second-order valence-corrected chi connectivity index (χ2v) is 4.23. The summed E-state index contributed by atoms with van der Waals surface area (Å²) in [6, 6.07) is 14.9. The normalized spacial score (nSPS) is 9.42. The van der Waals surface area contributed by atoms with Crippen molar-refractivity contribution in [3.05, 3.63) is 59.9 Å². The van der Waals surface area contributed by atoms with Crippen LogP contribution < -0.4 is 10.6 Å². The van der Waals surface area contributed by atoms with E-state index in [9.17, 15) is 0 Å². The molecule has 0 aliphatic rings. The Balaban J connectivity index is 1.86. The van der Waals surface area contributed by atoms with Crippen LogP contribution in [0.1, 0.15) is 11.3 Å². The second kappa shape index (κ2) is 6.47. The SMILES string of the molecule is N#Cc1ccc(NC(=S)NCc2ccccn2)cc1. The Morgan fingerprint density at radius 1 is 1.21 bits per heavy atom. The zero-order chi connectivity index (χ0) is 13.5. The fourth-order valence-electron chi connectivity index (χ4n) is 1.48. The first-order valence-electron chi connectivity index (χ1n) is 5.73. The highest BCUT2D eigenvalue weighted by Crippen LogP contribution is 2.08. The summed E-state index contributed by atoms with van der Waals surface area (Å²) < 4.78 is 0.